The fourth-order valence-corrected chi connectivity index (χ4v) is 2.15. The number of rotatable bonds is 2. The summed E-state index contributed by atoms with van der Waals surface area (Å²) < 4.78 is 5.73. The van der Waals surface area contributed by atoms with E-state index in [4.69, 9.17) is 4.42 Å². The molecule has 3 rings (SSSR count). The summed E-state index contributed by atoms with van der Waals surface area (Å²) in [6, 6.07) is 17.1. The van der Waals surface area contributed by atoms with Gasteiger partial charge in [-0.05, 0) is 12.1 Å². The van der Waals surface area contributed by atoms with E-state index in [0.717, 1.165) is 5.56 Å². The number of nitrogens with zero attached hydrogens (tertiary/aromatic N) is 1. The van der Waals surface area contributed by atoms with Crippen molar-refractivity contribution in [3.8, 4) is 5.75 Å². The summed E-state index contributed by atoms with van der Waals surface area (Å²) in [5.41, 5.74) is 2.22. The van der Waals surface area contributed by atoms with Crippen LogP contribution in [-0.2, 0) is 0 Å². The molecule has 3 nitrogen and oxygen atoms in total. The molecule has 0 aliphatic carbocycles. The lowest BCUT2D eigenvalue weighted by Crippen LogP contribution is -2.01. The zero-order valence-electron chi connectivity index (χ0n) is 10.5. The molecule has 3 aromatic rings. The van der Waals surface area contributed by atoms with Crippen LogP contribution in [0, 0.1) is 0 Å². The number of hydrogen-bond donors (Lipinski definition) is 1. The van der Waals surface area contributed by atoms with E-state index < -0.39 is 0 Å². The molecular formula is C16H13NO2. The summed E-state index contributed by atoms with van der Waals surface area (Å²) in [5, 5.41) is 11.0. The molecule has 0 bridgehead atoms. The van der Waals surface area contributed by atoms with E-state index >= 15 is 0 Å². The molecule has 2 aromatic carbocycles. The maximum atomic E-state index is 10.3. The molecule has 1 aromatic heterocycles. The van der Waals surface area contributed by atoms with Crippen molar-refractivity contribution < 1.29 is 9.52 Å². The van der Waals surface area contributed by atoms with Gasteiger partial charge in [0.05, 0.1) is 5.39 Å². The topological polar surface area (TPSA) is 45.7 Å². The van der Waals surface area contributed by atoms with Gasteiger partial charge >= 0.3 is 0 Å². The minimum absolute atomic E-state index is 0.139. The average Bonchev–Trinajstić information content (AvgIpc) is 2.79. The predicted molar refractivity (Wildman–Crippen MR) is 75.9 cm³/mol. The van der Waals surface area contributed by atoms with Gasteiger partial charge in [-0.25, -0.2) is 0 Å². The molecule has 0 atom stereocenters. The Morgan fingerprint density at radius 3 is 2.37 bits per heavy atom. The first-order valence-electron chi connectivity index (χ1n) is 6.04. The van der Waals surface area contributed by atoms with Crippen LogP contribution >= 0.6 is 0 Å². The quantitative estimate of drug-likeness (QED) is 0.707. The second-order valence-corrected chi connectivity index (χ2v) is 4.21. The van der Waals surface area contributed by atoms with Gasteiger partial charge in [0.15, 0.2) is 11.5 Å². The van der Waals surface area contributed by atoms with Crippen molar-refractivity contribution in [3.63, 3.8) is 0 Å². The van der Waals surface area contributed by atoms with Crippen LogP contribution in [0.4, 0.5) is 0 Å². The Labute approximate surface area is 110 Å². The summed E-state index contributed by atoms with van der Waals surface area (Å²) in [6.07, 6.45) is 0. The lowest BCUT2D eigenvalue weighted by atomic mass is 10.1. The third-order valence-electron chi connectivity index (χ3n) is 3.06. The highest BCUT2D eigenvalue weighted by molar-refractivity contribution is 6.15. The van der Waals surface area contributed by atoms with Gasteiger partial charge in [0.1, 0.15) is 11.3 Å². The van der Waals surface area contributed by atoms with Crippen LogP contribution in [0.15, 0.2) is 64.0 Å². The minimum atomic E-state index is 0.139. The smallest absolute Gasteiger partial charge is 0.195 e. The van der Waals surface area contributed by atoms with Gasteiger partial charge in [0.2, 0.25) is 0 Å². The van der Waals surface area contributed by atoms with Crippen LogP contribution in [0.2, 0.25) is 0 Å². The number of aliphatic imine (C=N–C) groups is 1. The lowest BCUT2D eigenvalue weighted by Gasteiger charge is -2.02. The van der Waals surface area contributed by atoms with Crippen molar-refractivity contribution in [2.24, 2.45) is 4.99 Å². The summed E-state index contributed by atoms with van der Waals surface area (Å²) in [5.74, 6) is 0.551. The fourth-order valence-electron chi connectivity index (χ4n) is 2.15. The third kappa shape index (κ3) is 1.89. The summed E-state index contributed by atoms with van der Waals surface area (Å²) in [6.45, 7) is 0. The third-order valence-corrected chi connectivity index (χ3v) is 3.06. The number of aromatic hydroxyl groups is 1. The molecule has 0 saturated carbocycles. The molecule has 0 unspecified atom stereocenters. The highest BCUT2D eigenvalue weighted by Crippen LogP contribution is 2.33. The average molecular weight is 251 g/mol. The van der Waals surface area contributed by atoms with Crippen molar-refractivity contribution in [3.05, 3.63) is 65.9 Å². The van der Waals surface area contributed by atoms with E-state index in [1.807, 2.05) is 54.6 Å². The van der Waals surface area contributed by atoms with Crippen LogP contribution < -0.4 is 0 Å². The van der Waals surface area contributed by atoms with E-state index in [0.29, 0.717) is 22.4 Å². The van der Waals surface area contributed by atoms with Gasteiger partial charge in [-0.3, -0.25) is 4.99 Å². The number of furan rings is 1. The number of benzene rings is 2. The van der Waals surface area contributed by atoms with E-state index in [1.54, 1.807) is 7.05 Å². The van der Waals surface area contributed by atoms with E-state index in [-0.39, 0.29) is 5.75 Å². The van der Waals surface area contributed by atoms with Crippen molar-refractivity contribution in [2.45, 2.75) is 0 Å². The number of fused-ring (bicyclic) bond motifs is 1. The summed E-state index contributed by atoms with van der Waals surface area (Å²) in [7, 11) is 1.69. The molecule has 0 amide bonds. The Morgan fingerprint density at radius 1 is 1.00 bits per heavy atom. The van der Waals surface area contributed by atoms with Crippen LogP contribution in [0.1, 0.15) is 11.3 Å². The standard InChI is InChI=1S/C16H13NO2/c1-17-14(11-7-3-2-4-8-11)16-15(18)12-9-5-6-10-13(12)19-16/h2-10,18H,1H3. The molecule has 19 heavy (non-hydrogen) atoms. The molecule has 94 valence electrons. The van der Waals surface area contributed by atoms with Crippen LogP contribution in [0.25, 0.3) is 11.0 Å². The summed E-state index contributed by atoms with van der Waals surface area (Å²) in [4.78, 5) is 4.25. The fraction of sp³-hybridized carbons (Fsp3) is 0.0625. The highest BCUT2D eigenvalue weighted by Gasteiger charge is 2.18. The largest absolute Gasteiger partial charge is 0.504 e. The van der Waals surface area contributed by atoms with Crippen LogP contribution in [0.3, 0.4) is 0 Å². The van der Waals surface area contributed by atoms with Crippen LogP contribution in [-0.4, -0.2) is 17.9 Å². The predicted octanol–water partition coefficient (Wildman–Crippen LogP) is 3.61. The van der Waals surface area contributed by atoms with Gasteiger partial charge in [-0.1, -0.05) is 42.5 Å². The number of para-hydroxylation sites is 1. The maximum absolute atomic E-state index is 10.3. The first kappa shape index (κ1) is 11.5. The van der Waals surface area contributed by atoms with E-state index in [1.165, 1.54) is 0 Å². The Balaban J connectivity index is 2.21. The zero-order chi connectivity index (χ0) is 13.2. The van der Waals surface area contributed by atoms with Gasteiger partial charge in [0.25, 0.3) is 0 Å². The van der Waals surface area contributed by atoms with Crippen molar-refractivity contribution in [1.29, 1.82) is 0 Å². The summed E-state index contributed by atoms with van der Waals surface area (Å²) >= 11 is 0. The minimum Gasteiger partial charge on any atom is -0.504 e. The monoisotopic (exact) mass is 251 g/mol. The van der Waals surface area contributed by atoms with Gasteiger partial charge in [0, 0.05) is 12.6 Å². The Kier molecular flexibility index (Phi) is 2.80. The Hall–Kier alpha value is -2.55. The SMILES string of the molecule is CN=C(c1ccccc1)c1oc2ccccc2c1O. The molecule has 0 spiro atoms. The Bertz CT molecular complexity index is 742. The molecule has 1 heterocycles. The lowest BCUT2D eigenvalue weighted by molar-refractivity contribution is 0.461. The van der Waals surface area contributed by atoms with E-state index in [2.05, 4.69) is 4.99 Å². The molecular weight excluding hydrogens is 238 g/mol. The van der Waals surface area contributed by atoms with Crippen LogP contribution in [0.5, 0.6) is 5.75 Å². The van der Waals surface area contributed by atoms with E-state index in [9.17, 15) is 5.11 Å². The molecule has 0 aliphatic heterocycles. The first-order chi connectivity index (χ1) is 9.31. The Morgan fingerprint density at radius 2 is 1.68 bits per heavy atom. The van der Waals surface area contributed by atoms with Crippen molar-refractivity contribution >= 4 is 16.7 Å². The molecule has 3 heteroatoms. The second-order valence-electron chi connectivity index (χ2n) is 4.21. The highest BCUT2D eigenvalue weighted by atomic mass is 16.4. The molecule has 0 aliphatic rings. The normalized spacial score (nSPS) is 11.9. The zero-order valence-corrected chi connectivity index (χ0v) is 10.5. The van der Waals surface area contributed by atoms with Gasteiger partial charge in [-0.15, -0.1) is 0 Å². The molecule has 0 fully saturated rings. The van der Waals surface area contributed by atoms with Gasteiger partial charge < -0.3 is 9.52 Å². The maximum Gasteiger partial charge on any atom is 0.195 e. The number of hydrogen-bond acceptors (Lipinski definition) is 3. The van der Waals surface area contributed by atoms with Crippen molar-refractivity contribution in [2.75, 3.05) is 7.05 Å². The van der Waals surface area contributed by atoms with Gasteiger partial charge in [-0.2, -0.15) is 0 Å². The second kappa shape index (κ2) is 4.61. The first-order valence-corrected chi connectivity index (χ1v) is 6.04. The molecule has 0 radical (unpaired) electrons. The van der Waals surface area contributed by atoms with Crippen molar-refractivity contribution in [1.82, 2.24) is 0 Å². The molecule has 1 N–H and O–H groups in total. The molecule has 0 saturated heterocycles.